The van der Waals surface area contributed by atoms with Crippen molar-refractivity contribution in [2.45, 2.75) is 13.0 Å². The quantitative estimate of drug-likeness (QED) is 0.810. The average Bonchev–Trinajstić information content (AvgIpc) is 2.77. The Morgan fingerprint density at radius 2 is 2.50 bits per heavy atom. The van der Waals surface area contributed by atoms with E-state index in [1.54, 1.807) is 13.3 Å². The van der Waals surface area contributed by atoms with Gasteiger partial charge in [0.1, 0.15) is 10.7 Å². The van der Waals surface area contributed by atoms with Gasteiger partial charge in [0.05, 0.1) is 6.61 Å². The Morgan fingerprint density at radius 1 is 1.67 bits per heavy atom. The highest BCUT2D eigenvalue weighted by Gasteiger charge is 2.23. The molecule has 1 aliphatic rings. The highest BCUT2D eigenvalue weighted by Crippen LogP contribution is 2.19. The lowest BCUT2D eigenvalue weighted by Crippen LogP contribution is -2.24. The smallest absolute Gasteiger partial charge is 0.123 e. The summed E-state index contributed by atoms with van der Waals surface area (Å²) < 4.78 is 5.21. The van der Waals surface area contributed by atoms with E-state index in [0.29, 0.717) is 10.9 Å². The molecule has 1 aliphatic heterocycles. The van der Waals surface area contributed by atoms with Gasteiger partial charge >= 0.3 is 0 Å². The molecule has 1 fully saturated rings. The third-order valence-corrected chi connectivity index (χ3v) is 3.48. The summed E-state index contributed by atoms with van der Waals surface area (Å²) >= 11 is 5.03. The Morgan fingerprint density at radius 3 is 3.22 bits per heavy atom. The van der Waals surface area contributed by atoms with Crippen molar-refractivity contribution in [3.8, 4) is 0 Å². The minimum atomic E-state index is 0.373. The Balaban J connectivity index is 2.00. The molecule has 2 N–H and O–H groups in total. The molecular weight excluding hydrogens is 246 g/mol. The van der Waals surface area contributed by atoms with Crippen LogP contribution in [-0.4, -0.2) is 41.7 Å². The molecule has 98 valence electrons. The Bertz CT molecular complexity index is 424. The minimum absolute atomic E-state index is 0.373. The summed E-state index contributed by atoms with van der Waals surface area (Å²) in [5, 5.41) is 0. The second-order valence-corrected chi connectivity index (χ2v) is 5.16. The second kappa shape index (κ2) is 6.22. The van der Waals surface area contributed by atoms with Gasteiger partial charge in [-0.15, -0.1) is 0 Å². The number of nitrogens with zero attached hydrogens (tertiary/aromatic N) is 2. The van der Waals surface area contributed by atoms with Gasteiger partial charge < -0.3 is 10.5 Å². The molecule has 18 heavy (non-hydrogen) atoms. The summed E-state index contributed by atoms with van der Waals surface area (Å²) in [4.78, 5) is 7.04. The van der Waals surface area contributed by atoms with E-state index in [1.807, 2.05) is 12.1 Å². The third kappa shape index (κ3) is 3.25. The van der Waals surface area contributed by atoms with Crippen molar-refractivity contribution in [1.82, 2.24) is 9.88 Å². The van der Waals surface area contributed by atoms with E-state index in [0.717, 1.165) is 37.5 Å². The number of methoxy groups -OCH3 is 1. The lowest BCUT2D eigenvalue weighted by atomic mass is 10.1. The number of pyridine rings is 1. The van der Waals surface area contributed by atoms with E-state index in [-0.39, 0.29) is 0 Å². The molecule has 4 nitrogen and oxygen atoms in total. The molecule has 1 aromatic rings. The van der Waals surface area contributed by atoms with E-state index in [9.17, 15) is 0 Å². The van der Waals surface area contributed by atoms with Gasteiger partial charge in [0.2, 0.25) is 0 Å². The van der Waals surface area contributed by atoms with Gasteiger partial charge in [-0.2, -0.15) is 0 Å². The molecule has 2 rings (SSSR count). The summed E-state index contributed by atoms with van der Waals surface area (Å²) in [5.74, 6) is 0.639. The molecular formula is C13H19N3OS. The fraction of sp³-hybridized carbons (Fsp3) is 0.538. The first kappa shape index (κ1) is 13.4. The van der Waals surface area contributed by atoms with Crippen LogP contribution >= 0.6 is 12.2 Å². The number of rotatable bonds is 5. The van der Waals surface area contributed by atoms with Crippen LogP contribution in [-0.2, 0) is 11.3 Å². The van der Waals surface area contributed by atoms with Crippen molar-refractivity contribution in [2.75, 3.05) is 26.8 Å². The normalized spacial score (nSPS) is 20.2. The van der Waals surface area contributed by atoms with Crippen molar-refractivity contribution in [3.63, 3.8) is 0 Å². The first-order valence-electron chi connectivity index (χ1n) is 6.15. The van der Waals surface area contributed by atoms with E-state index >= 15 is 0 Å². The predicted octanol–water partition coefficient (Wildman–Crippen LogP) is 1.18. The fourth-order valence-corrected chi connectivity index (χ4v) is 2.64. The van der Waals surface area contributed by atoms with Crippen molar-refractivity contribution in [2.24, 2.45) is 11.7 Å². The van der Waals surface area contributed by atoms with Crippen LogP contribution in [0.4, 0.5) is 0 Å². The van der Waals surface area contributed by atoms with Crippen molar-refractivity contribution < 1.29 is 4.74 Å². The maximum absolute atomic E-state index is 5.69. The zero-order valence-electron chi connectivity index (χ0n) is 10.6. The maximum atomic E-state index is 5.69. The second-order valence-electron chi connectivity index (χ2n) is 4.72. The highest BCUT2D eigenvalue weighted by atomic mass is 32.1. The largest absolute Gasteiger partial charge is 0.388 e. The van der Waals surface area contributed by atoms with Gasteiger partial charge in [0.15, 0.2) is 0 Å². The zero-order chi connectivity index (χ0) is 13.0. The summed E-state index contributed by atoms with van der Waals surface area (Å²) in [5.41, 5.74) is 7.56. The molecule has 0 bridgehead atoms. The third-order valence-electron chi connectivity index (χ3n) is 3.29. The fourth-order valence-electron chi connectivity index (χ4n) is 2.46. The minimum Gasteiger partial charge on any atom is -0.388 e. The summed E-state index contributed by atoms with van der Waals surface area (Å²) in [6.45, 7) is 3.87. The molecule has 0 aliphatic carbocycles. The van der Waals surface area contributed by atoms with E-state index in [1.165, 1.54) is 6.42 Å². The van der Waals surface area contributed by atoms with Gasteiger partial charge in [-0.1, -0.05) is 18.3 Å². The Kier molecular flexibility index (Phi) is 4.63. The van der Waals surface area contributed by atoms with Gasteiger partial charge in [-0.25, -0.2) is 0 Å². The first-order chi connectivity index (χ1) is 8.70. The van der Waals surface area contributed by atoms with E-state index < -0.39 is 0 Å². The molecule has 5 heteroatoms. The number of likely N-dealkylation sites (tertiary alicyclic amines) is 1. The van der Waals surface area contributed by atoms with Crippen molar-refractivity contribution in [1.29, 1.82) is 0 Å². The lowest BCUT2D eigenvalue weighted by Gasteiger charge is -2.17. The van der Waals surface area contributed by atoms with Crippen LogP contribution in [0.3, 0.4) is 0 Å². The monoisotopic (exact) mass is 265 g/mol. The number of thiocarbonyl (C=S) groups is 1. The SMILES string of the molecule is COCC1CCN(Cc2cccnc2C(N)=S)C1. The number of aromatic nitrogens is 1. The van der Waals surface area contributed by atoms with Crippen LogP contribution in [0, 0.1) is 5.92 Å². The zero-order valence-corrected chi connectivity index (χ0v) is 11.4. The standard InChI is InChI=1S/C13H19N3OS/c1-17-9-10-4-6-16(7-10)8-11-3-2-5-15-12(11)13(14)18/h2-3,5,10H,4,6-9H2,1H3,(H2,14,18). The Hall–Kier alpha value is -1.04. The molecule has 2 heterocycles. The topological polar surface area (TPSA) is 51.4 Å². The molecule has 1 atom stereocenters. The van der Waals surface area contributed by atoms with Gasteiger partial charge in [0.25, 0.3) is 0 Å². The Labute approximate surface area is 113 Å². The maximum Gasteiger partial charge on any atom is 0.123 e. The molecule has 1 aromatic heterocycles. The summed E-state index contributed by atoms with van der Waals surface area (Å²) in [6.07, 6.45) is 2.92. The van der Waals surface area contributed by atoms with E-state index in [2.05, 4.69) is 9.88 Å². The van der Waals surface area contributed by atoms with Crippen LogP contribution < -0.4 is 5.73 Å². The molecule has 0 radical (unpaired) electrons. The van der Waals surface area contributed by atoms with Crippen LogP contribution in [0.25, 0.3) is 0 Å². The predicted molar refractivity (Wildman–Crippen MR) is 75.4 cm³/mol. The molecule has 0 aromatic carbocycles. The molecule has 1 saturated heterocycles. The van der Waals surface area contributed by atoms with Crippen LogP contribution in [0.5, 0.6) is 0 Å². The molecule has 1 unspecified atom stereocenters. The van der Waals surface area contributed by atoms with Gasteiger partial charge in [-0.05, 0) is 30.5 Å². The molecule has 0 spiro atoms. The van der Waals surface area contributed by atoms with Crippen molar-refractivity contribution in [3.05, 3.63) is 29.6 Å². The van der Waals surface area contributed by atoms with Gasteiger partial charge in [-0.3, -0.25) is 9.88 Å². The van der Waals surface area contributed by atoms with Crippen LogP contribution in [0.1, 0.15) is 17.7 Å². The highest BCUT2D eigenvalue weighted by molar-refractivity contribution is 7.80. The van der Waals surface area contributed by atoms with Crippen molar-refractivity contribution >= 4 is 17.2 Å². The van der Waals surface area contributed by atoms with Crippen LogP contribution in [0.2, 0.25) is 0 Å². The number of hydrogen-bond donors (Lipinski definition) is 1. The number of nitrogens with two attached hydrogens (primary N) is 1. The molecule has 0 saturated carbocycles. The average molecular weight is 265 g/mol. The summed E-state index contributed by atoms with van der Waals surface area (Å²) in [7, 11) is 1.76. The summed E-state index contributed by atoms with van der Waals surface area (Å²) in [6, 6.07) is 3.98. The van der Waals surface area contributed by atoms with Crippen LogP contribution in [0.15, 0.2) is 18.3 Å². The number of hydrogen-bond acceptors (Lipinski definition) is 4. The number of ether oxygens (including phenoxy) is 1. The lowest BCUT2D eigenvalue weighted by molar-refractivity contribution is 0.152. The van der Waals surface area contributed by atoms with E-state index in [4.69, 9.17) is 22.7 Å². The molecule has 0 amide bonds. The first-order valence-corrected chi connectivity index (χ1v) is 6.56. The van der Waals surface area contributed by atoms with Gasteiger partial charge in [0, 0.05) is 26.4 Å².